The lowest BCUT2D eigenvalue weighted by Gasteiger charge is -2.27. The summed E-state index contributed by atoms with van der Waals surface area (Å²) >= 11 is 0. The number of carboxylic acids is 1. The summed E-state index contributed by atoms with van der Waals surface area (Å²) in [6.45, 7) is -1.20. The van der Waals surface area contributed by atoms with Crippen molar-refractivity contribution in [2.45, 2.75) is 6.04 Å². The van der Waals surface area contributed by atoms with Crippen LogP contribution in [0.3, 0.4) is 0 Å². The number of carboxylic acid groups (broad SMARTS) is 1. The van der Waals surface area contributed by atoms with Gasteiger partial charge in [-0.2, -0.15) is 4.39 Å². The number of nitrogens with zero attached hydrogens (tertiary/aromatic N) is 1. The second kappa shape index (κ2) is 4.51. The van der Waals surface area contributed by atoms with Crippen molar-refractivity contribution >= 4 is 16.9 Å². The highest BCUT2D eigenvalue weighted by molar-refractivity contribution is 5.94. The molecule has 0 saturated carbocycles. The van der Waals surface area contributed by atoms with Gasteiger partial charge >= 0.3 is 5.97 Å². The Balaban J connectivity index is 2.53. The Labute approximate surface area is 115 Å². The van der Waals surface area contributed by atoms with E-state index >= 15 is 0 Å². The van der Waals surface area contributed by atoms with E-state index in [1.807, 2.05) is 0 Å². The van der Waals surface area contributed by atoms with Gasteiger partial charge in [0.15, 0.2) is 11.6 Å². The van der Waals surface area contributed by atoms with E-state index in [9.17, 15) is 22.8 Å². The van der Waals surface area contributed by atoms with Crippen LogP contribution in [0.1, 0.15) is 16.4 Å². The minimum Gasteiger partial charge on any atom is -0.486 e. The average molecular weight is 299 g/mol. The highest BCUT2D eigenvalue weighted by atomic mass is 19.2. The zero-order valence-electron chi connectivity index (χ0n) is 10.4. The maximum absolute atomic E-state index is 13.7. The summed E-state index contributed by atoms with van der Waals surface area (Å²) in [7, 11) is 0. The Morgan fingerprint density at radius 2 is 2.19 bits per heavy atom. The molecule has 1 aliphatic heterocycles. The van der Waals surface area contributed by atoms with Gasteiger partial charge in [-0.3, -0.25) is 4.79 Å². The van der Waals surface area contributed by atoms with Crippen molar-refractivity contribution in [2.75, 3.05) is 13.3 Å². The highest BCUT2D eigenvalue weighted by Gasteiger charge is 2.29. The van der Waals surface area contributed by atoms with Gasteiger partial charge in [0, 0.05) is 6.20 Å². The molecular weight excluding hydrogens is 291 g/mol. The predicted molar refractivity (Wildman–Crippen MR) is 65.6 cm³/mol. The molecule has 1 aromatic heterocycles. The molecule has 0 unspecified atom stereocenters. The maximum Gasteiger partial charge on any atom is 0.341 e. The van der Waals surface area contributed by atoms with Crippen molar-refractivity contribution in [3.05, 3.63) is 39.7 Å². The molecule has 1 atom stereocenters. The molecule has 2 heterocycles. The lowest BCUT2D eigenvalue weighted by molar-refractivity contribution is 0.0694. The molecule has 2 aromatic rings. The number of benzene rings is 1. The summed E-state index contributed by atoms with van der Waals surface area (Å²) < 4.78 is 46.4. The van der Waals surface area contributed by atoms with Crippen LogP contribution in [0.4, 0.5) is 13.2 Å². The number of aromatic carboxylic acids is 1. The van der Waals surface area contributed by atoms with Crippen LogP contribution in [0.15, 0.2) is 17.1 Å². The van der Waals surface area contributed by atoms with E-state index in [0.717, 1.165) is 10.8 Å². The minimum absolute atomic E-state index is 0.141. The van der Waals surface area contributed by atoms with Crippen molar-refractivity contribution < 1.29 is 27.8 Å². The third kappa shape index (κ3) is 1.78. The summed E-state index contributed by atoms with van der Waals surface area (Å²) in [5.74, 6) is -4.66. The molecule has 0 amide bonds. The maximum atomic E-state index is 13.7. The van der Waals surface area contributed by atoms with Crippen LogP contribution in [-0.2, 0) is 0 Å². The smallest absolute Gasteiger partial charge is 0.341 e. The summed E-state index contributed by atoms with van der Waals surface area (Å²) in [4.78, 5) is 23.1. The molecule has 3 rings (SSSR count). The Morgan fingerprint density at radius 1 is 1.48 bits per heavy atom. The molecule has 21 heavy (non-hydrogen) atoms. The first-order valence-electron chi connectivity index (χ1n) is 5.94. The molecule has 0 aliphatic carbocycles. The largest absolute Gasteiger partial charge is 0.486 e. The van der Waals surface area contributed by atoms with Gasteiger partial charge < -0.3 is 14.4 Å². The monoisotopic (exact) mass is 299 g/mol. The molecule has 110 valence electrons. The van der Waals surface area contributed by atoms with Gasteiger partial charge in [-0.25, -0.2) is 13.6 Å². The molecule has 5 nitrogen and oxygen atoms in total. The first-order chi connectivity index (χ1) is 9.95. The third-order valence-electron chi connectivity index (χ3n) is 3.39. The summed E-state index contributed by atoms with van der Waals surface area (Å²) in [6, 6.07) is -0.313. The standard InChI is InChI=1S/C13H8F3NO4/c14-2-5-4-21-12-9(16)8(15)1-6-10(12)17(5)3-7(11(6)18)13(19)20/h1,3,5H,2,4H2,(H,19,20)/t5-/m0/s1. The number of hydrogen-bond donors (Lipinski definition) is 1. The van der Waals surface area contributed by atoms with Crippen LogP contribution in [-0.4, -0.2) is 28.9 Å². The Hall–Kier alpha value is -2.51. The zero-order chi connectivity index (χ0) is 15.3. The molecule has 0 radical (unpaired) electrons. The molecule has 1 N–H and O–H groups in total. The van der Waals surface area contributed by atoms with E-state index in [0.29, 0.717) is 6.07 Å². The van der Waals surface area contributed by atoms with Crippen LogP contribution in [0, 0.1) is 11.6 Å². The van der Waals surface area contributed by atoms with Gasteiger partial charge in [0.2, 0.25) is 11.2 Å². The van der Waals surface area contributed by atoms with Crippen LogP contribution in [0.2, 0.25) is 0 Å². The molecular formula is C13H8F3NO4. The number of hydrogen-bond acceptors (Lipinski definition) is 3. The SMILES string of the molecule is O=C(O)c1cn2c3c(c(F)c(F)cc3c1=O)OC[C@@H]2CF. The van der Waals surface area contributed by atoms with Crippen LogP contribution in [0.5, 0.6) is 5.75 Å². The van der Waals surface area contributed by atoms with Gasteiger partial charge in [0.05, 0.1) is 16.9 Å². The normalized spacial score (nSPS) is 16.8. The molecule has 1 aromatic carbocycles. The van der Waals surface area contributed by atoms with Gasteiger partial charge in [0.1, 0.15) is 18.8 Å². The zero-order valence-corrected chi connectivity index (χ0v) is 10.4. The van der Waals surface area contributed by atoms with Crippen molar-refractivity contribution in [3.8, 4) is 5.75 Å². The van der Waals surface area contributed by atoms with E-state index in [-0.39, 0.29) is 17.5 Å². The quantitative estimate of drug-likeness (QED) is 0.919. The molecule has 8 heteroatoms. The first-order valence-corrected chi connectivity index (χ1v) is 5.94. The summed E-state index contributed by atoms with van der Waals surface area (Å²) in [6.07, 6.45) is 0.931. The van der Waals surface area contributed by atoms with Crippen molar-refractivity contribution in [3.63, 3.8) is 0 Å². The Bertz CT molecular complexity index is 831. The fraction of sp³-hybridized carbons (Fsp3) is 0.231. The van der Waals surface area contributed by atoms with Crippen LogP contribution < -0.4 is 10.2 Å². The number of pyridine rings is 1. The van der Waals surface area contributed by atoms with Gasteiger partial charge in [-0.1, -0.05) is 0 Å². The first kappa shape index (κ1) is 13.5. The number of halogens is 3. The summed E-state index contributed by atoms with van der Waals surface area (Å²) in [5, 5.41) is 8.65. The van der Waals surface area contributed by atoms with E-state index in [4.69, 9.17) is 9.84 Å². The van der Waals surface area contributed by atoms with E-state index in [1.54, 1.807) is 0 Å². The molecule has 0 saturated heterocycles. The lowest BCUT2D eigenvalue weighted by Crippen LogP contribution is -2.29. The number of aromatic nitrogens is 1. The fourth-order valence-corrected chi connectivity index (χ4v) is 2.38. The van der Waals surface area contributed by atoms with Crippen molar-refractivity contribution in [2.24, 2.45) is 0 Å². The number of carbonyl (C=O) groups is 1. The molecule has 0 bridgehead atoms. The molecule has 0 fully saturated rings. The van der Waals surface area contributed by atoms with Crippen LogP contribution in [0.25, 0.3) is 10.9 Å². The summed E-state index contributed by atoms with van der Waals surface area (Å²) in [5.41, 5.74) is -1.75. The average Bonchev–Trinajstić information content (AvgIpc) is 2.46. The van der Waals surface area contributed by atoms with E-state index in [1.165, 1.54) is 0 Å². The van der Waals surface area contributed by atoms with Crippen molar-refractivity contribution in [1.82, 2.24) is 4.57 Å². The highest BCUT2D eigenvalue weighted by Crippen LogP contribution is 2.35. The Kier molecular flexibility index (Phi) is 2.89. The molecule has 1 aliphatic rings. The lowest BCUT2D eigenvalue weighted by atomic mass is 10.1. The molecule has 0 spiro atoms. The number of ether oxygens (including phenoxy) is 1. The van der Waals surface area contributed by atoms with E-state index in [2.05, 4.69) is 0 Å². The second-order valence-electron chi connectivity index (χ2n) is 4.60. The topological polar surface area (TPSA) is 68.5 Å². The Morgan fingerprint density at radius 3 is 2.81 bits per heavy atom. The minimum atomic E-state index is -1.53. The fourth-order valence-electron chi connectivity index (χ4n) is 2.38. The second-order valence-corrected chi connectivity index (χ2v) is 4.60. The van der Waals surface area contributed by atoms with Gasteiger partial charge in [-0.05, 0) is 6.07 Å². The van der Waals surface area contributed by atoms with E-state index < -0.39 is 47.1 Å². The van der Waals surface area contributed by atoms with Gasteiger partial charge in [-0.15, -0.1) is 0 Å². The van der Waals surface area contributed by atoms with Crippen molar-refractivity contribution in [1.29, 1.82) is 0 Å². The predicted octanol–water partition coefficient (Wildman–Crippen LogP) is 1.88. The number of alkyl halides is 1. The van der Waals surface area contributed by atoms with Gasteiger partial charge in [0.25, 0.3) is 0 Å². The number of rotatable bonds is 2. The third-order valence-corrected chi connectivity index (χ3v) is 3.39. The van der Waals surface area contributed by atoms with Crippen LogP contribution >= 0.6 is 0 Å².